The van der Waals surface area contributed by atoms with Crippen LogP contribution in [-0.4, -0.2) is 21.1 Å². The van der Waals surface area contributed by atoms with Gasteiger partial charge in [0.1, 0.15) is 22.7 Å². The van der Waals surface area contributed by atoms with Crippen molar-refractivity contribution in [1.82, 2.24) is 9.97 Å². The number of thiophene rings is 1. The second-order valence-electron chi connectivity index (χ2n) is 6.76. The molecule has 5 rings (SSSR count). The number of nitro groups is 1. The molecule has 0 aliphatic carbocycles. The predicted octanol–water partition coefficient (Wildman–Crippen LogP) is 5.97. The normalized spacial score (nSPS) is 11.2. The molecule has 5 aromatic rings. The van der Waals surface area contributed by atoms with Crippen LogP contribution in [0.15, 0.2) is 88.0 Å². The Morgan fingerprint density at radius 1 is 1.00 bits per heavy atom. The maximum absolute atomic E-state index is 11.3. The average molecular weight is 441 g/mol. The van der Waals surface area contributed by atoms with Crippen molar-refractivity contribution in [2.24, 2.45) is 5.10 Å². The molecule has 0 radical (unpaired) electrons. The Labute approximate surface area is 186 Å². The molecule has 3 aromatic heterocycles. The minimum Gasteiger partial charge on any atom is -0.455 e. The Hall–Kier alpha value is -4.37. The number of benzene rings is 2. The molecule has 2 aromatic carbocycles. The number of fused-ring (bicyclic) bond motifs is 1. The van der Waals surface area contributed by atoms with Gasteiger partial charge in [0, 0.05) is 17.0 Å². The molecule has 0 bridgehead atoms. The fourth-order valence-electron chi connectivity index (χ4n) is 3.36. The zero-order valence-corrected chi connectivity index (χ0v) is 17.3. The Balaban J connectivity index is 1.41. The highest BCUT2D eigenvalue weighted by Crippen LogP contribution is 2.36. The van der Waals surface area contributed by atoms with Gasteiger partial charge in [-0.05, 0) is 23.8 Å². The van der Waals surface area contributed by atoms with Crippen LogP contribution in [-0.2, 0) is 0 Å². The van der Waals surface area contributed by atoms with E-state index in [-0.39, 0.29) is 5.69 Å². The highest BCUT2D eigenvalue weighted by molar-refractivity contribution is 7.17. The Morgan fingerprint density at radius 3 is 2.66 bits per heavy atom. The number of anilines is 1. The summed E-state index contributed by atoms with van der Waals surface area (Å²) in [5.74, 6) is 1.42. The monoisotopic (exact) mass is 441 g/mol. The fourth-order valence-corrected chi connectivity index (χ4v) is 4.27. The summed E-state index contributed by atoms with van der Waals surface area (Å²) in [5, 5.41) is 18.5. The highest BCUT2D eigenvalue weighted by atomic mass is 32.1. The Kier molecular flexibility index (Phi) is 5.14. The molecule has 156 valence electrons. The molecule has 0 atom stereocenters. The lowest BCUT2D eigenvalue weighted by Gasteiger charge is -2.04. The number of hydrogen-bond acceptors (Lipinski definition) is 8. The summed E-state index contributed by atoms with van der Waals surface area (Å²) in [5.41, 5.74) is 5.46. The van der Waals surface area contributed by atoms with Gasteiger partial charge < -0.3 is 4.42 Å². The SMILES string of the molecule is O=[N+]([O-])c1ccccc1-c1ccc(/C=N\Nc2ncnc3scc(-c4ccccc4)c23)o1. The van der Waals surface area contributed by atoms with Crippen LogP contribution in [0.25, 0.3) is 32.7 Å². The molecule has 3 heterocycles. The van der Waals surface area contributed by atoms with Crippen LogP contribution in [0.3, 0.4) is 0 Å². The molecule has 9 heteroatoms. The number of rotatable bonds is 6. The van der Waals surface area contributed by atoms with Crippen LogP contribution < -0.4 is 5.43 Å². The zero-order chi connectivity index (χ0) is 21.9. The van der Waals surface area contributed by atoms with E-state index in [2.05, 4.69) is 25.9 Å². The van der Waals surface area contributed by atoms with Gasteiger partial charge in [-0.15, -0.1) is 11.3 Å². The third-order valence-corrected chi connectivity index (χ3v) is 5.70. The maximum atomic E-state index is 11.3. The van der Waals surface area contributed by atoms with Gasteiger partial charge in [0.2, 0.25) is 0 Å². The number of nitrogens with one attached hydrogen (secondary N) is 1. The lowest BCUT2D eigenvalue weighted by molar-refractivity contribution is -0.384. The van der Waals surface area contributed by atoms with Crippen molar-refractivity contribution in [2.75, 3.05) is 5.43 Å². The number of para-hydroxylation sites is 1. The minimum absolute atomic E-state index is 0.0160. The van der Waals surface area contributed by atoms with E-state index in [4.69, 9.17) is 4.42 Å². The van der Waals surface area contributed by atoms with E-state index in [0.29, 0.717) is 22.9 Å². The minimum atomic E-state index is -0.432. The lowest BCUT2D eigenvalue weighted by atomic mass is 10.1. The van der Waals surface area contributed by atoms with E-state index < -0.39 is 4.92 Å². The number of furan rings is 1. The third kappa shape index (κ3) is 3.72. The fraction of sp³-hybridized carbons (Fsp3) is 0. The standard InChI is InChI=1S/C23H15N5O3S/c29-28(30)19-9-5-4-8-17(19)20-11-10-16(31-20)12-26-27-22-21-18(15-6-2-1-3-7-15)13-32-23(21)25-14-24-22/h1-14H,(H,24,25,27)/b26-12-. The van der Waals surface area contributed by atoms with Gasteiger partial charge >= 0.3 is 0 Å². The highest BCUT2D eigenvalue weighted by Gasteiger charge is 2.17. The van der Waals surface area contributed by atoms with Crippen LogP contribution in [0, 0.1) is 10.1 Å². The summed E-state index contributed by atoms with van der Waals surface area (Å²) in [6, 6.07) is 19.8. The topological polar surface area (TPSA) is 106 Å². The smallest absolute Gasteiger partial charge is 0.280 e. The summed E-state index contributed by atoms with van der Waals surface area (Å²) in [4.78, 5) is 20.4. The Morgan fingerprint density at radius 2 is 1.81 bits per heavy atom. The largest absolute Gasteiger partial charge is 0.455 e. The molecule has 1 N–H and O–H groups in total. The molecule has 0 fully saturated rings. The van der Waals surface area contributed by atoms with Crippen molar-refractivity contribution in [3.05, 3.63) is 94.3 Å². The summed E-state index contributed by atoms with van der Waals surface area (Å²) in [6.07, 6.45) is 2.99. The van der Waals surface area contributed by atoms with Crippen molar-refractivity contribution >= 4 is 39.3 Å². The number of hydrogen-bond donors (Lipinski definition) is 1. The molecule has 8 nitrogen and oxygen atoms in total. The maximum Gasteiger partial charge on any atom is 0.280 e. The van der Waals surface area contributed by atoms with Gasteiger partial charge in [-0.3, -0.25) is 15.5 Å². The Bertz CT molecular complexity index is 1440. The van der Waals surface area contributed by atoms with E-state index in [0.717, 1.165) is 21.3 Å². The van der Waals surface area contributed by atoms with E-state index in [9.17, 15) is 10.1 Å². The van der Waals surface area contributed by atoms with Crippen LogP contribution in [0.1, 0.15) is 5.76 Å². The first-order valence-electron chi connectivity index (χ1n) is 9.61. The molecule has 0 amide bonds. The first kappa shape index (κ1) is 19.6. The molecule has 0 aliphatic rings. The van der Waals surface area contributed by atoms with Crippen LogP contribution in [0.4, 0.5) is 11.5 Å². The van der Waals surface area contributed by atoms with Crippen molar-refractivity contribution in [1.29, 1.82) is 0 Å². The zero-order valence-electron chi connectivity index (χ0n) is 16.5. The second kappa shape index (κ2) is 8.40. The van der Waals surface area contributed by atoms with E-state index in [1.165, 1.54) is 18.6 Å². The molecule has 0 spiro atoms. The van der Waals surface area contributed by atoms with Crippen LogP contribution in [0.5, 0.6) is 0 Å². The summed E-state index contributed by atoms with van der Waals surface area (Å²) in [7, 11) is 0. The first-order chi connectivity index (χ1) is 15.7. The van der Waals surface area contributed by atoms with Gasteiger partial charge in [-0.1, -0.05) is 42.5 Å². The first-order valence-corrected chi connectivity index (χ1v) is 10.5. The third-order valence-electron chi connectivity index (χ3n) is 4.81. The van der Waals surface area contributed by atoms with Crippen LogP contribution in [0.2, 0.25) is 0 Å². The number of aromatic nitrogens is 2. The molecule has 0 aliphatic heterocycles. The van der Waals surface area contributed by atoms with Gasteiger partial charge in [-0.2, -0.15) is 5.10 Å². The van der Waals surface area contributed by atoms with Gasteiger partial charge in [0.15, 0.2) is 5.82 Å². The summed E-state index contributed by atoms with van der Waals surface area (Å²) in [6.45, 7) is 0. The van der Waals surface area contributed by atoms with Gasteiger partial charge in [-0.25, -0.2) is 9.97 Å². The van der Waals surface area contributed by atoms with E-state index in [1.807, 2.05) is 30.3 Å². The van der Waals surface area contributed by atoms with Crippen molar-refractivity contribution in [2.45, 2.75) is 0 Å². The second-order valence-corrected chi connectivity index (χ2v) is 7.62. The van der Waals surface area contributed by atoms with E-state index >= 15 is 0 Å². The molecule has 0 unspecified atom stereocenters. The lowest BCUT2D eigenvalue weighted by Crippen LogP contribution is -1.95. The number of nitrogens with zero attached hydrogens (tertiary/aromatic N) is 4. The van der Waals surface area contributed by atoms with Crippen molar-refractivity contribution < 1.29 is 9.34 Å². The molecular formula is C23H15N5O3S. The number of nitro benzene ring substituents is 1. The summed E-state index contributed by atoms with van der Waals surface area (Å²) >= 11 is 1.54. The quantitative estimate of drug-likeness (QED) is 0.198. The van der Waals surface area contributed by atoms with Gasteiger partial charge in [0.25, 0.3) is 5.69 Å². The van der Waals surface area contributed by atoms with E-state index in [1.54, 1.807) is 41.7 Å². The predicted molar refractivity (Wildman–Crippen MR) is 125 cm³/mol. The van der Waals surface area contributed by atoms with Crippen molar-refractivity contribution in [3.8, 4) is 22.5 Å². The average Bonchev–Trinajstić information content (AvgIpc) is 3.47. The molecule has 0 saturated heterocycles. The van der Waals surface area contributed by atoms with Crippen LogP contribution >= 0.6 is 11.3 Å². The summed E-state index contributed by atoms with van der Waals surface area (Å²) < 4.78 is 5.74. The molecule has 0 saturated carbocycles. The molecule has 32 heavy (non-hydrogen) atoms. The molecular weight excluding hydrogens is 426 g/mol. The van der Waals surface area contributed by atoms with Crippen molar-refractivity contribution in [3.63, 3.8) is 0 Å². The van der Waals surface area contributed by atoms with Gasteiger partial charge in [0.05, 0.1) is 22.1 Å². The number of hydrazone groups is 1.